The average Bonchev–Trinajstić information content (AvgIpc) is 3.22. The van der Waals surface area contributed by atoms with Crippen LogP contribution in [-0.4, -0.2) is 151 Å². The molecule has 1 aromatic rings. The summed E-state index contributed by atoms with van der Waals surface area (Å²) in [5.74, 6) is -6.94. The van der Waals surface area contributed by atoms with Gasteiger partial charge in [0.15, 0.2) is 0 Å². The maximum Gasteiger partial charge on any atom is 0.250 e. The zero-order valence-corrected chi connectivity index (χ0v) is 36.0. The average molecular weight is 877 g/mol. The number of carbonyl (C=O) groups excluding carboxylic acids is 8. The van der Waals surface area contributed by atoms with Crippen LogP contribution in [0.5, 0.6) is 0 Å². The second-order valence-electron chi connectivity index (χ2n) is 15.5. The highest BCUT2D eigenvalue weighted by Crippen LogP contribution is 2.10. The van der Waals surface area contributed by atoms with Gasteiger partial charge in [0.05, 0.1) is 6.10 Å². The Morgan fingerprint density at radius 3 is 1.65 bits per heavy atom. The zero-order valence-electron chi connectivity index (χ0n) is 36.0. The van der Waals surface area contributed by atoms with Crippen molar-refractivity contribution in [3.63, 3.8) is 0 Å². The number of hydrogen-bond acceptors (Lipinski definition) is 14. The summed E-state index contributed by atoms with van der Waals surface area (Å²) in [6.45, 7) is 6.32. The molecule has 348 valence electrons. The lowest BCUT2D eigenvalue weighted by atomic mass is 10.00. The van der Waals surface area contributed by atoms with Gasteiger partial charge in [-0.15, -0.1) is 0 Å². The predicted molar refractivity (Wildman–Crippen MR) is 228 cm³/mol. The number of aliphatic hydroxyl groups is 2. The van der Waals surface area contributed by atoms with Crippen molar-refractivity contribution < 1.29 is 48.6 Å². The van der Waals surface area contributed by atoms with Gasteiger partial charge in [-0.25, -0.2) is 0 Å². The Labute approximate surface area is 362 Å². The Kier molecular flexibility index (Phi) is 23.6. The van der Waals surface area contributed by atoms with E-state index in [-0.39, 0.29) is 77.2 Å². The number of likely N-dealkylation sites (N-methyl/N-ethyl adjacent to an activating group) is 1. The van der Waals surface area contributed by atoms with Crippen LogP contribution in [0.15, 0.2) is 30.3 Å². The van der Waals surface area contributed by atoms with E-state index in [1.54, 1.807) is 37.3 Å². The lowest BCUT2D eigenvalue weighted by Gasteiger charge is -2.28. The molecule has 1 aromatic carbocycles. The molecule has 8 amide bonds. The molecule has 22 nitrogen and oxygen atoms in total. The van der Waals surface area contributed by atoms with Crippen molar-refractivity contribution in [2.24, 2.45) is 23.1 Å². The van der Waals surface area contributed by atoms with Gasteiger partial charge >= 0.3 is 0 Å². The molecule has 17 N–H and O–H groups in total. The number of carbonyl (C=O) groups is 8. The second-order valence-corrected chi connectivity index (χ2v) is 15.5. The number of nitrogens with one attached hydrogen (secondary N) is 9. The topological polar surface area (TPSA) is 363 Å². The minimum atomic E-state index is -1.58. The summed E-state index contributed by atoms with van der Waals surface area (Å²) in [4.78, 5) is 110. The maximum absolute atomic E-state index is 14.1. The van der Waals surface area contributed by atoms with E-state index in [9.17, 15) is 48.6 Å². The number of rotatable bonds is 16. The smallest absolute Gasteiger partial charge is 0.250 e. The molecule has 0 radical (unpaired) electrons. The Bertz CT molecular complexity index is 1640. The van der Waals surface area contributed by atoms with E-state index in [4.69, 9.17) is 17.2 Å². The molecule has 0 aliphatic carbocycles. The number of aliphatic hydroxyl groups excluding tert-OH is 2. The second kappa shape index (κ2) is 27.6. The molecule has 0 spiro atoms. The molecule has 2 rings (SSSR count). The highest BCUT2D eigenvalue weighted by Gasteiger charge is 2.35. The first kappa shape index (κ1) is 52.9. The molecule has 1 aliphatic heterocycles. The van der Waals surface area contributed by atoms with Crippen LogP contribution in [-0.2, 0) is 44.8 Å². The van der Waals surface area contributed by atoms with Crippen molar-refractivity contribution in [3.8, 4) is 0 Å². The molecular formula is C40H68N12O10. The van der Waals surface area contributed by atoms with E-state index in [0.717, 1.165) is 0 Å². The van der Waals surface area contributed by atoms with Crippen molar-refractivity contribution in [1.82, 2.24) is 47.9 Å². The van der Waals surface area contributed by atoms with Gasteiger partial charge in [-0.3, -0.25) is 38.4 Å². The molecule has 1 fully saturated rings. The Balaban J connectivity index is 2.69. The van der Waals surface area contributed by atoms with Crippen molar-refractivity contribution >= 4 is 47.3 Å². The molecule has 0 bridgehead atoms. The van der Waals surface area contributed by atoms with Gasteiger partial charge < -0.3 is 75.3 Å². The lowest BCUT2D eigenvalue weighted by Crippen LogP contribution is -2.61. The quantitative estimate of drug-likeness (QED) is 0.0738. The van der Waals surface area contributed by atoms with Crippen molar-refractivity contribution in [3.05, 3.63) is 35.9 Å². The zero-order chi connectivity index (χ0) is 46.4. The van der Waals surface area contributed by atoms with Crippen LogP contribution in [0.3, 0.4) is 0 Å². The van der Waals surface area contributed by atoms with Gasteiger partial charge in [0.2, 0.25) is 41.4 Å². The highest BCUT2D eigenvalue weighted by atomic mass is 16.3. The fourth-order valence-electron chi connectivity index (χ4n) is 6.45. The first-order valence-corrected chi connectivity index (χ1v) is 21.1. The molecule has 1 aliphatic rings. The monoisotopic (exact) mass is 877 g/mol. The summed E-state index contributed by atoms with van der Waals surface area (Å²) in [5.41, 5.74) is 18.1. The van der Waals surface area contributed by atoms with Gasteiger partial charge in [0.25, 0.3) is 5.91 Å². The molecule has 9 atom stereocenters. The van der Waals surface area contributed by atoms with Gasteiger partial charge in [-0.2, -0.15) is 0 Å². The largest absolute Gasteiger partial charge is 0.391 e. The van der Waals surface area contributed by atoms with Crippen LogP contribution in [0.2, 0.25) is 0 Å². The van der Waals surface area contributed by atoms with Crippen LogP contribution < -0.4 is 65.1 Å². The summed E-state index contributed by atoms with van der Waals surface area (Å²) < 4.78 is 0. The molecular weight excluding hydrogens is 809 g/mol. The number of amides is 8. The Hall–Kier alpha value is -5.26. The molecule has 0 aromatic heterocycles. The third kappa shape index (κ3) is 18.0. The molecule has 22 heteroatoms. The molecule has 62 heavy (non-hydrogen) atoms. The maximum atomic E-state index is 14.1. The van der Waals surface area contributed by atoms with E-state index in [0.29, 0.717) is 12.1 Å². The predicted octanol–water partition coefficient (Wildman–Crippen LogP) is -5.41. The summed E-state index contributed by atoms with van der Waals surface area (Å²) >= 11 is 0. The SMILES string of the molecule is CCNC[C@H](O)C(=O)N[C@H]1CCNC(=O)[C@H]([C@@H](C)O)NC(=O)[C@H](CCN)NC(=O)[C@H](CCN)NC(=O)[C@H](CC(C)C)NC(=O)[C@@H](Cc2ccccc2)NC(=O)[C@H](CCN)NC1=O. The minimum Gasteiger partial charge on any atom is -0.391 e. The number of nitrogens with two attached hydrogens (primary N) is 3. The van der Waals surface area contributed by atoms with Crippen molar-refractivity contribution in [2.45, 2.75) is 121 Å². The van der Waals surface area contributed by atoms with Gasteiger partial charge in [0, 0.05) is 19.5 Å². The normalized spacial score (nSPS) is 25.2. The first-order valence-electron chi connectivity index (χ1n) is 21.1. The van der Waals surface area contributed by atoms with E-state index >= 15 is 0 Å². The van der Waals surface area contributed by atoms with Crippen molar-refractivity contribution in [1.29, 1.82) is 0 Å². The van der Waals surface area contributed by atoms with E-state index in [1.165, 1.54) is 6.92 Å². The summed E-state index contributed by atoms with van der Waals surface area (Å²) in [7, 11) is 0. The fourth-order valence-corrected chi connectivity index (χ4v) is 6.45. The van der Waals surface area contributed by atoms with Gasteiger partial charge in [-0.05, 0) is 76.7 Å². The molecule has 0 unspecified atom stereocenters. The van der Waals surface area contributed by atoms with Crippen LogP contribution in [0, 0.1) is 5.92 Å². The molecule has 1 saturated heterocycles. The van der Waals surface area contributed by atoms with Crippen LogP contribution in [0.1, 0.15) is 65.4 Å². The van der Waals surface area contributed by atoms with E-state index in [2.05, 4.69) is 47.9 Å². The first-order chi connectivity index (χ1) is 29.4. The Morgan fingerprint density at radius 1 is 0.677 bits per heavy atom. The summed E-state index contributed by atoms with van der Waals surface area (Å²) in [6, 6.07) is -0.861. The Morgan fingerprint density at radius 2 is 1.15 bits per heavy atom. The van der Waals surface area contributed by atoms with Crippen LogP contribution >= 0.6 is 0 Å². The van der Waals surface area contributed by atoms with Gasteiger partial charge in [0.1, 0.15) is 48.4 Å². The number of benzene rings is 1. The third-order valence-corrected chi connectivity index (χ3v) is 9.84. The van der Waals surface area contributed by atoms with Crippen LogP contribution in [0.25, 0.3) is 0 Å². The molecule has 1 heterocycles. The summed E-state index contributed by atoms with van der Waals surface area (Å²) in [5, 5.41) is 44.3. The van der Waals surface area contributed by atoms with E-state index < -0.39 is 102 Å². The number of hydrogen-bond donors (Lipinski definition) is 14. The highest BCUT2D eigenvalue weighted by molar-refractivity contribution is 5.98. The minimum absolute atomic E-state index is 0.0456. The summed E-state index contributed by atoms with van der Waals surface area (Å²) in [6.07, 6.45) is -3.62. The van der Waals surface area contributed by atoms with E-state index in [1.807, 2.05) is 13.8 Å². The van der Waals surface area contributed by atoms with Crippen LogP contribution in [0.4, 0.5) is 0 Å². The van der Waals surface area contributed by atoms with Crippen molar-refractivity contribution in [2.75, 3.05) is 39.3 Å². The standard InChI is InChI=1S/C40H68N12O10/c1-5-44-21-31(54)39(61)49-28-14-18-45-40(62)32(23(4)53)52-36(58)27(13-17-43)47-33(55)25(11-15-41)48-37(59)29(19-22(2)3)50-38(60)30(20-24-9-7-6-8-10-24)51-34(56)26(12-16-42)46-35(28)57/h6-10,22-23,25-32,44,53-54H,5,11-21,41-43H2,1-4H3,(H,45,62)(H,46,57)(H,47,55)(H,48,59)(H,49,61)(H,50,60)(H,51,56)(H,52,58)/t23-,25+,26+,27+,28+,29+,30-,31+,32+/m1/s1. The lowest BCUT2D eigenvalue weighted by molar-refractivity contribution is -0.136. The third-order valence-electron chi connectivity index (χ3n) is 9.84. The fraction of sp³-hybridized carbons (Fsp3) is 0.650. The molecule has 0 saturated carbocycles. The van der Waals surface area contributed by atoms with Gasteiger partial charge in [-0.1, -0.05) is 51.1 Å².